The zero-order valence-electron chi connectivity index (χ0n) is 10.5. The summed E-state index contributed by atoms with van der Waals surface area (Å²) in [4.78, 5) is 27.6. The van der Waals surface area contributed by atoms with Crippen molar-refractivity contribution in [2.75, 3.05) is 26.7 Å². The largest absolute Gasteiger partial charge is 0.342 e. The molecule has 0 aliphatic heterocycles. The Balaban J connectivity index is 2.57. The average Bonchev–Trinajstić information content (AvgIpc) is 2.83. The van der Waals surface area contributed by atoms with Crippen molar-refractivity contribution >= 4 is 23.2 Å². The molecule has 0 spiro atoms. The molecule has 0 saturated heterocycles. The highest BCUT2D eigenvalue weighted by molar-refractivity contribution is 7.12. The highest BCUT2D eigenvalue weighted by Crippen LogP contribution is 2.11. The molecule has 0 saturated carbocycles. The van der Waals surface area contributed by atoms with Crippen molar-refractivity contribution < 1.29 is 9.59 Å². The average molecular weight is 254 g/mol. The van der Waals surface area contributed by atoms with Crippen LogP contribution in [-0.4, -0.2) is 48.3 Å². The first kappa shape index (κ1) is 13.7. The summed E-state index contributed by atoms with van der Waals surface area (Å²) >= 11 is 1.39. The van der Waals surface area contributed by atoms with Crippen LogP contribution in [0, 0.1) is 0 Å². The van der Waals surface area contributed by atoms with E-state index in [-0.39, 0.29) is 18.4 Å². The van der Waals surface area contributed by atoms with Gasteiger partial charge in [0, 0.05) is 20.1 Å². The van der Waals surface area contributed by atoms with Gasteiger partial charge in [-0.05, 0) is 25.3 Å². The standard InChI is InChI=1S/C12H18N2O2S/c1-4-14(5-2)11(15)9-13(3)12(16)10-7-6-8-17-10/h6-8H,4-5,9H2,1-3H3. The number of likely N-dealkylation sites (N-methyl/N-ethyl adjacent to an activating group) is 2. The Morgan fingerprint density at radius 3 is 2.41 bits per heavy atom. The van der Waals surface area contributed by atoms with Crippen LogP contribution in [0.2, 0.25) is 0 Å². The molecule has 0 fully saturated rings. The first-order chi connectivity index (χ1) is 8.10. The smallest absolute Gasteiger partial charge is 0.264 e. The fourth-order valence-corrected chi connectivity index (χ4v) is 2.26. The monoisotopic (exact) mass is 254 g/mol. The van der Waals surface area contributed by atoms with Crippen LogP contribution in [0.25, 0.3) is 0 Å². The number of carbonyl (C=O) groups is 2. The minimum absolute atomic E-state index is 0.0117. The maximum Gasteiger partial charge on any atom is 0.264 e. The molecular weight excluding hydrogens is 236 g/mol. The number of rotatable bonds is 5. The molecule has 0 aliphatic carbocycles. The lowest BCUT2D eigenvalue weighted by atomic mass is 10.3. The maximum absolute atomic E-state index is 11.9. The zero-order chi connectivity index (χ0) is 12.8. The molecule has 4 nitrogen and oxygen atoms in total. The molecule has 0 atom stereocenters. The van der Waals surface area contributed by atoms with Gasteiger partial charge in [0.2, 0.25) is 5.91 Å². The fourth-order valence-electron chi connectivity index (χ4n) is 1.54. The van der Waals surface area contributed by atoms with Gasteiger partial charge in [-0.3, -0.25) is 9.59 Å². The van der Waals surface area contributed by atoms with E-state index in [2.05, 4.69) is 0 Å². The van der Waals surface area contributed by atoms with Gasteiger partial charge in [0.15, 0.2) is 0 Å². The second kappa shape index (κ2) is 6.39. The second-order valence-corrected chi connectivity index (χ2v) is 4.65. The Labute approximate surface area is 106 Å². The Hall–Kier alpha value is -1.36. The SMILES string of the molecule is CCN(CC)C(=O)CN(C)C(=O)c1cccs1. The first-order valence-electron chi connectivity index (χ1n) is 5.66. The van der Waals surface area contributed by atoms with Gasteiger partial charge in [-0.25, -0.2) is 0 Å². The van der Waals surface area contributed by atoms with Crippen molar-refractivity contribution in [2.45, 2.75) is 13.8 Å². The molecule has 0 unspecified atom stereocenters. The Morgan fingerprint density at radius 1 is 1.29 bits per heavy atom. The number of hydrogen-bond donors (Lipinski definition) is 0. The third-order valence-electron chi connectivity index (χ3n) is 2.57. The van der Waals surface area contributed by atoms with Gasteiger partial charge < -0.3 is 9.80 Å². The van der Waals surface area contributed by atoms with Crippen LogP contribution < -0.4 is 0 Å². The van der Waals surface area contributed by atoms with Crippen LogP contribution in [0.4, 0.5) is 0 Å². The fraction of sp³-hybridized carbons (Fsp3) is 0.500. The van der Waals surface area contributed by atoms with Crippen LogP contribution >= 0.6 is 11.3 Å². The Kier molecular flexibility index (Phi) is 5.15. The summed E-state index contributed by atoms with van der Waals surface area (Å²) in [6.07, 6.45) is 0. The van der Waals surface area contributed by atoms with Gasteiger partial charge in [0.05, 0.1) is 11.4 Å². The third kappa shape index (κ3) is 3.56. The molecule has 94 valence electrons. The number of nitrogens with zero attached hydrogens (tertiary/aromatic N) is 2. The van der Waals surface area contributed by atoms with Crippen LogP contribution in [0.5, 0.6) is 0 Å². The predicted octanol–water partition coefficient (Wildman–Crippen LogP) is 1.69. The molecule has 1 aromatic rings. The van der Waals surface area contributed by atoms with Crippen molar-refractivity contribution in [1.29, 1.82) is 0 Å². The molecule has 0 N–H and O–H groups in total. The molecule has 2 amide bonds. The summed E-state index contributed by atoms with van der Waals surface area (Å²) < 4.78 is 0. The minimum atomic E-state index is -0.0968. The van der Waals surface area contributed by atoms with E-state index in [9.17, 15) is 9.59 Å². The Bertz CT molecular complexity index is 372. The molecule has 1 aromatic heterocycles. The number of carbonyl (C=O) groups excluding carboxylic acids is 2. The second-order valence-electron chi connectivity index (χ2n) is 3.70. The summed E-state index contributed by atoms with van der Waals surface area (Å²) in [5.74, 6) is -0.108. The van der Waals surface area contributed by atoms with Gasteiger partial charge in [-0.2, -0.15) is 0 Å². The summed E-state index contributed by atoms with van der Waals surface area (Å²) in [6, 6.07) is 3.60. The van der Waals surface area contributed by atoms with Crippen molar-refractivity contribution in [3.63, 3.8) is 0 Å². The van der Waals surface area contributed by atoms with Gasteiger partial charge >= 0.3 is 0 Å². The third-order valence-corrected chi connectivity index (χ3v) is 3.43. The molecule has 0 aliphatic rings. The summed E-state index contributed by atoms with van der Waals surface area (Å²) in [6.45, 7) is 5.36. The molecule has 1 heterocycles. The van der Waals surface area contributed by atoms with E-state index in [1.165, 1.54) is 16.2 Å². The highest BCUT2D eigenvalue weighted by atomic mass is 32.1. The molecule has 17 heavy (non-hydrogen) atoms. The van der Waals surface area contributed by atoms with Crippen LogP contribution in [0.1, 0.15) is 23.5 Å². The van der Waals surface area contributed by atoms with Crippen molar-refractivity contribution in [2.24, 2.45) is 0 Å². The predicted molar refractivity (Wildman–Crippen MR) is 69.2 cm³/mol. The summed E-state index contributed by atoms with van der Waals surface area (Å²) in [7, 11) is 1.66. The molecule has 1 rings (SSSR count). The number of thiophene rings is 1. The maximum atomic E-state index is 11.9. The molecular formula is C12H18N2O2S. The zero-order valence-corrected chi connectivity index (χ0v) is 11.3. The quantitative estimate of drug-likeness (QED) is 0.802. The highest BCUT2D eigenvalue weighted by Gasteiger charge is 2.18. The molecule has 0 radical (unpaired) electrons. The lowest BCUT2D eigenvalue weighted by Crippen LogP contribution is -2.40. The van der Waals surface area contributed by atoms with Gasteiger partial charge in [-0.1, -0.05) is 6.07 Å². The molecule has 5 heteroatoms. The Morgan fingerprint density at radius 2 is 1.94 bits per heavy atom. The number of hydrogen-bond acceptors (Lipinski definition) is 3. The van der Waals surface area contributed by atoms with Crippen LogP contribution in [0.15, 0.2) is 17.5 Å². The van der Waals surface area contributed by atoms with E-state index in [0.717, 1.165) is 0 Å². The van der Waals surface area contributed by atoms with Crippen LogP contribution in [0.3, 0.4) is 0 Å². The van der Waals surface area contributed by atoms with Crippen molar-refractivity contribution in [1.82, 2.24) is 9.80 Å². The van der Waals surface area contributed by atoms with E-state index in [1.54, 1.807) is 18.0 Å². The van der Waals surface area contributed by atoms with E-state index in [4.69, 9.17) is 0 Å². The summed E-state index contributed by atoms with van der Waals surface area (Å²) in [5.41, 5.74) is 0. The minimum Gasteiger partial charge on any atom is -0.342 e. The normalized spacial score (nSPS) is 10.1. The van der Waals surface area contributed by atoms with Crippen molar-refractivity contribution in [3.8, 4) is 0 Å². The van der Waals surface area contributed by atoms with Gasteiger partial charge in [-0.15, -0.1) is 11.3 Å². The van der Waals surface area contributed by atoms with Crippen molar-refractivity contribution in [3.05, 3.63) is 22.4 Å². The van der Waals surface area contributed by atoms with E-state index in [0.29, 0.717) is 18.0 Å². The van der Waals surface area contributed by atoms with E-state index < -0.39 is 0 Å². The first-order valence-corrected chi connectivity index (χ1v) is 6.54. The van der Waals surface area contributed by atoms with E-state index in [1.807, 2.05) is 25.3 Å². The summed E-state index contributed by atoms with van der Waals surface area (Å²) in [5, 5.41) is 1.85. The van der Waals surface area contributed by atoms with Crippen LogP contribution in [-0.2, 0) is 4.79 Å². The lowest BCUT2D eigenvalue weighted by Gasteiger charge is -2.22. The van der Waals surface area contributed by atoms with Gasteiger partial charge in [0.1, 0.15) is 0 Å². The molecule has 0 aromatic carbocycles. The lowest BCUT2D eigenvalue weighted by molar-refractivity contribution is -0.131. The topological polar surface area (TPSA) is 40.6 Å². The number of amides is 2. The van der Waals surface area contributed by atoms with Gasteiger partial charge in [0.25, 0.3) is 5.91 Å². The molecule has 0 bridgehead atoms. The van der Waals surface area contributed by atoms with E-state index >= 15 is 0 Å².